The lowest BCUT2D eigenvalue weighted by Crippen LogP contribution is -2.30. The van der Waals surface area contributed by atoms with E-state index in [1.165, 1.54) is 0 Å². The summed E-state index contributed by atoms with van der Waals surface area (Å²) >= 11 is 5.22. The monoisotopic (exact) mass is 466 g/mol. The summed E-state index contributed by atoms with van der Waals surface area (Å²) in [4.78, 5) is 22.4. The van der Waals surface area contributed by atoms with Gasteiger partial charge < -0.3 is 0 Å². The minimum atomic E-state index is -4.73. The van der Waals surface area contributed by atoms with Crippen molar-refractivity contribution in [1.82, 2.24) is 20.2 Å². The summed E-state index contributed by atoms with van der Waals surface area (Å²) in [6.07, 6.45) is -4.81. The maximum absolute atomic E-state index is 12.8. The molecule has 0 fully saturated rings. The number of benzene rings is 2. The number of nitro benzene ring substituents is 1. The van der Waals surface area contributed by atoms with Crippen LogP contribution < -0.4 is 10.9 Å². The molecule has 0 saturated heterocycles. The Balaban J connectivity index is 1.68. The number of amides is 1. The molecule has 32 heavy (non-hydrogen) atoms. The van der Waals surface area contributed by atoms with Gasteiger partial charge in [-0.25, -0.2) is 0 Å². The molecule has 1 aromatic heterocycles. The fraction of sp³-hybridized carbons (Fsp3) is 0.211. The molecular weight excluding hydrogens is 449 g/mol. The molecule has 2 aromatic carbocycles. The molecule has 1 heterocycles. The minimum Gasteiger partial charge on any atom is -0.300 e. The second kappa shape index (κ2) is 9.18. The molecule has 0 bridgehead atoms. The topological polar surface area (TPSA) is 118 Å². The molecule has 0 atom stereocenters. The molecule has 3 N–H and O–H groups in total. The molecule has 0 aliphatic rings. The Hall–Kier alpha value is -3.74. The number of nitrogens with one attached hydrogen (secondary N) is 3. The van der Waals surface area contributed by atoms with Crippen molar-refractivity contribution in [2.24, 2.45) is 0 Å². The van der Waals surface area contributed by atoms with E-state index in [2.05, 4.69) is 21.0 Å². The van der Waals surface area contributed by atoms with E-state index >= 15 is 0 Å². The number of hydrogen-bond acceptors (Lipinski definition) is 6. The molecule has 0 saturated carbocycles. The first-order chi connectivity index (χ1) is 15.1. The highest BCUT2D eigenvalue weighted by atomic mass is 32.1. The van der Waals surface area contributed by atoms with E-state index in [1.807, 2.05) is 31.2 Å². The third-order valence-electron chi connectivity index (χ3n) is 4.46. The molecular formula is C19H17F3N6O3S. The van der Waals surface area contributed by atoms with Crippen LogP contribution in [0.4, 0.5) is 24.5 Å². The number of halogens is 3. The van der Waals surface area contributed by atoms with Gasteiger partial charge in [0.1, 0.15) is 5.69 Å². The predicted molar refractivity (Wildman–Crippen MR) is 112 cm³/mol. The largest absolute Gasteiger partial charge is 0.416 e. The number of carbonyl (C=O) groups is 1. The fourth-order valence-electron chi connectivity index (χ4n) is 2.91. The number of rotatable bonds is 7. The van der Waals surface area contributed by atoms with Crippen molar-refractivity contribution in [2.75, 3.05) is 5.43 Å². The average Bonchev–Trinajstić information content (AvgIpc) is 3.10. The third-order valence-corrected chi connectivity index (χ3v) is 4.77. The smallest absolute Gasteiger partial charge is 0.300 e. The minimum absolute atomic E-state index is 0.0753. The van der Waals surface area contributed by atoms with E-state index < -0.39 is 28.3 Å². The highest BCUT2D eigenvalue weighted by Gasteiger charge is 2.33. The van der Waals surface area contributed by atoms with Crippen LogP contribution in [-0.4, -0.2) is 25.6 Å². The molecule has 9 nitrogen and oxygen atoms in total. The second-order valence-corrected chi connectivity index (χ2v) is 7.17. The van der Waals surface area contributed by atoms with E-state index in [0.29, 0.717) is 22.7 Å². The van der Waals surface area contributed by atoms with Crippen molar-refractivity contribution in [3.05, 3.63) is 68.5 Å². The van der Waals surface area contributed by atoms with Crippen molar-refractivity contribution in [2.45, 2.75) is 26.1 Å². The van der Waals surface area contributed by atoms with Gasteiger partial charge >= 0.3 is 6.18 Å². The van der Waals surface area contributed by atoms with Gasteiger partial charge in [-0.3, -0.25) is 35.4 Å². The molecule has 0 aliphatic heterocycles. The van der Waals surface area contributed by atoms with Gasteiger partial charge in [0, 0.05) is 24.6 Å². The van der Waals surface area contributed by atoms with Gasteiger partial charge in [0.05, 0.1) is 10.5 Å². The Kier molecular flexibility index (Phi) is 6.58. The van der Waals surface area contributed by atoms with E-state index in [4.69, 9.17) is 12.2 Å². The van der Waals surface area contributed by atoms with Gasteiger partial charge in [0.15, 0.2) is 10.6 Å². The van der Waals surface area contributed by atoms with Gasteiger partial charge in [0.2, 0.25) is 5.91 Å². The average molecular weight is 466 g/mol. The first-order valence-corrected chi connectivity index (χ1v) is 9.60. The zero-order chi connectivity index (χ0) is 23.5. The quantitative estimate of drug-likeness (QED) is 0.270. The van der Waals surface area contributed by atoms with Crippen LogP contribution in [0.25, 0.3) is 11.4 Å². The van der Waals surface area contributed by atoms with E-state index in [9.17, 15) is 28.1 Å². The van der Waals surface area contributed by atoms with Crippen LogP contribution in [0, 0.1) is 21.8 Å². The van der Waals surface area contributed by atoms with Gasteiger partial charge in [-0.15, -0.1) is 0 Å². The summed E-state index contributed by atoms with van der Waals surface area (Å²) < 4.78 is 40.3. The van der Waals surface area contributed by atoms with Gasteiger partial charge in [-0.2, -0.15) is 18.3 Å². The van der Waals surface area contributed by atoms with Crippen LogP contribution >= 0.6 is 12.2 Å². The number of anilines is 1. The molecule has 3 rings (SSSR count). The zero-order valence-electron chi connectivity index (χ0n) is 16.6. The summed E-state index contributed by atoms with van der Waals surface area (Å²) in [6.45, 7) is 2.08. The van der Waals surface area contributed by atoms with Crippen molar-refractivity contribution in [3.63, 3.8) is 0 Å². The highest BCUT2D eigenvalue weighted by molar-refractivity contribution is 7.71. The molecule has 13 heteroatoms. The van der Waals surface area contributed by atoms with Gasteiger partial charge in [-0.1, -0.05) is 23.8 Å². The van der Waals surface area contributed by atoms with Gasteiger partial charge in [-0.05, 0) is 37.3 Å². The zero-order valence-corrected chi connectivity index (χ0v) is 17.4. The number of H-pyrrole nitrogens is 1. The standard InChI is InChI=1S/C19H17F3N6O3S/c1-11-3-2-4-12(9-11)17-25-26-18(32)27(17)8-7-16(29)24-23-14-6-5-13(19(20,21)22)10-15(14)28(30)31/h2-6,9-10,23H,7-8H2,1H3,(H,24,29)(H,26,32). The van der Waals surface area contributed by atoms with Crippen molar-refractivity contribution >= 4 is 29.5 Å². The van der Waals surface area contributed by atoms with E-state index in [-0.39, 0.29) is 18.7 Å². The Morgan fingerprint density at radius 3 is 2.69 bits per heavy atom. The Labute approximate surface area is 184 Å². The molecule has 0 unspecified atom stereocenters. The van der Waals surface area contributed by atoms with Crippen molar-refractivity contribution < 1.29 is 22.9 Å². The number of aromatic nitrogens is 3. The maximum Gasteiger partial charge on any atom is 0.416 e. The predicted octanol–water partition coefficient (Wildman–Crippen LogP) is 4.38. The molecule has 168 valence electrons. The Morgan fingerprint density at radius 2 is 2.03 bits per heavy atom. The first-order valence-electron chi connectivity index (χ1n) is 9.19. The first kappa shape index (κ1) is 22.9. The van der Waals surface area contributed by atoms with Crippen LogP contribution in [0.3, 0.4) is 0 Å². The lowest BCUT2D eigenvalue weighted by molar-refractivity contribution is -0.384. The maximum atomic E-state index is 12.8. The van der Waals surface area contributed by atoms with Gasteiger partial charge in [0.25, 0.3) is 5.69 Å². The fourth-order valence-corrected chi connectivity index (χ4v) is 3.13. The number of aromatic amines is 1. The van der Waals surface area contributed by atoms with Crippen molar-refractivity contribution in [3.8, 4) is 11.4 Å². The number of carbonyl (C=O) groups excluding carboxylic acids is 1. The summed E-state index contributed by atoms with van der Waals surface area (Å²) in [5.41, 5.74) is 4.10. The Bertz CT molecular complexity index is 1220. The van der Waals surface area contributed by atoms with Crippen LogP contribution in [0.2, 0.25) is 0 Å². The number of alkyl halides is 3. The summed E-state index contributed by atoms with van der Waals surface area (Å²) in [7, 11) is 0. The Morgan fingerprint density at radius 1 is 1.28 bits per heavy atom. The molecule has 0 aliphatic carbocycles. The van der Waals surface area contributed by atoms with Crippen molar-refractivity contribution in [1.29, 1.82) is 0 Å². The number of hydrogen-bond donors (Lipinski definition) is 3. The molecule has 0 spiro atoms. The SMILES string of the molecule is Cc1cccc(-c2n[nH]c(=S)n2CCC(=O)NNc2ccc(C(F)(F)F)cc2[N+](=O)[O-])c1. The van der Waals surface area contributed by atoms with E-state index in [0.717, 1.165) is 17.2 Å². The van der Waals surface area contributed by atoms with Crippen LogP contribution in [0.15, 0.2) is 42.5 Å². The van der Waals surface area contributed by atoms with Crippen LogP contribution in [-0.2, 0) is 17.5 Å². The highest BCUT2D eigenvalue weighted by Crippen LogP contribution is 2.34. The summed E-state index contributed by atoms with van der Waals surface area (Å²) in [6, 6.07) is 9.50. The number of hydrazine groups is 1. The normalized spacial score (nSPS) is 11.2. The second-order valence-electron chi connectivity index (χ2n) is 6.78. The summed E-state index contributed by atoms with van der Waals surface area (Å²) in [5, 5.41) is 18.0. The number of aryl methyl sites for hydroxylation is 1. The summed E-state index contributed by atoms with van der Waals surface area (Å²) in [5.74, 6) is -0.0182. The van der Waals surface area contributed by atoms with Crippen LogP contribution in [0.5, 0.6) is 0 Å². The van der Waals surface area contributed by atoms with Crippen LogP contribution in [0.1, 0.15) is 17.5 Å². The van der Waals surface area contributed by atoms with E-state index in [1.54, 1.807) is 4.57 Å². The lowest BCUT2D eigenvalue weighted by Gasteiger charge is -2.12. The molecule has 1 amide bonds. The molecule has 0 radical (unpaired) electrons. The third kappa shape index (κ3) is 5.29. The lowest BCUT2D eigenvalue weighted by atomic mass is 10.1. The number of nitro groups is 1. The molecule has 3 aromatic rings. The number of nitrogens with zero attached hydrogens (tertiary/aromatic N) is 3.